The molecule has 11 heteroatoms. The number of carboxylic acids is 1. The summed E-state index contributed by atoms with van der Waals surface area (Å²) in [6.07, 6.45) is 2.10. The maximum atomic E-state index is 14.3. The zero-order valence-corrected chi connectivity index (χ0v) is 28.2. The fraction of sp³-hybridized carbons (Fsp3) is 0.432. The summed E-state index contributed by atoms with van der Waals surface area (Å²) >= 11 is 0. The number of carbonyl (C=O) groups is 3. The first-order valence-electron chi connectivity index (χ1n) is 16.5. The standard InChI is InChI=1S/C37H48N4O7/c1-25-21-41(26(2)24-42)35(43)32-20-31(39-37(46)38-30-11-6-5-7-12-30)17-18-33(32)48-27(3)10-8-9-19-47-34(25)23-40(4)22-28-13-15-29(16-14-28)36(44)45/h5-7,11-18,20,25-27,34,42H,8-10,19,21-24H2,1-4H3,(H,44,45)(H2,38,39,46)/t25-,26+,27-,34-/m1/s1. The van der Waals surface area contributed by atoms with Crippen molar-refractivity contribution in [1.82, 2.24) is 9.80 Å². The summed E-state index contributed by atoms with van der Waals surface area (Å²) in [6, 6.07) is 20.0. The number of carboxylic acid groups (broad SMARTS) is 1. The molecule has 0 aromatic heterocycles. The Morgan fingerprint density at radius 3 is 2.40 bits per heavy atom. The van der Waals surface area contributed by atoms with Crippen LogP contribution in [-0.2, 0) is 11.3 Å². The number of para-hydroxylation sites is 1. The number of urea groups is 1. The van der Waals surface area contributed by atoms with Crippen molar-refractivity contribution in [1.29, 1.82) is 0 Å². The van der Waals surface area contributed by atoms with Gasteiger partial charge in [-0.2, -0.15) is 0 Å². The zero-order chi connectivity index (χ0) is 34.6. The molecule has 0 saturated carbocycles. The minimum atomic E-state index is -0.960. The van der Waals surface area contributed by atoms with Crippen LogP contribution in [0.25, 0.3) is 0 Å². The lowest BCUT2D eigenvalue weighted by Gasteiger charge is -2.36. The zero-order valence-electron chi connectivity index (χ0n) is 28.2. The maximum Gasteiger partial charge on any atom is 0.335 e. The molecule has 1 aliphatic rings. The summed E-state index contributed by atoms with van der Waals surface area (Å²) in [6.45, 7) is 7.63. The Labute approximate surface area is 282 Å². The second-order valence-corrected chi connectivity index (χ2v) is 12.7. The maximum absolute atomic E-state index is 14.3. The van der Waals surface area contributed by atoms with Crippen LogP contribution in [0.4, 0.5) is 16.2 Å². The summed E-state index contributed by atoms with van der Waals surface area (Å²) in [7, 11) is 1.99. The second-order valence-electron chi connectivity index (χ2n) is 12.7. The smallest absolute Gasteiger partial charge is 0.335 e. The average Bonchev–Trinajstić information content (AvgIpc) is 3.06. The summed E-state index contributed by atoms with van der Waals surface area (Å²) in [5, 5.41) is 25.1. The number of nitrogens with zero attached hydrogens (tertiary/aromatic N) is 2. The Bertz CT molecular complexity index is 1500. The van der Waals surface area contributed by atoms with Gasteiger partial charge in [-0.05, 0) is 88.2 Å². The fourth-order valence-corrected chi connectivity index (χ4v) is 5.71. The third-order valence-corrected chi connectivity index (χ3v) is 8.49. The van der Waals surface area contributed by atoms with Crippen molar-refractivity contribution in [3.63, 3.8) is 0 Å². The number of fused-ring (bicyclic) bond motifs is 1. The minimum absolute atomic E-state index is 0.107. The first-order valence-corrected chi connectivity index (χ1v) is 16.5. The molecule has 11 nitrogen and oxygen atoms in total. The highest BCUT2D eigenvalue weighted by Gasteiger charge is 2.30. The first-order chi connectivity index (χ1) is 23.0. The highest BCUT2D eigenvalue weighted by atomic mass is 16.5. The molecular weight excluding hydrogens is 612 g/mol. The van der Waals surface area contributed by atoms with Gasteiger partial charge in [-0.15, -0.1) is 0 Å². The van der Waals surface area contributed by atoms with Crippen LogP contribution in [0.1, 0.15) is 66.3 Å². The number of nitrogens with one attached hydrogen (secondary N) is 2. The third-order valence-electron chi connectivity index (χ3n) is 8.49. The van der Waals surface area contributed by atoms with E-state index in [2.05, 4.69) is 15.5 Å². The number of aliphatic hydroxyl groups excluding tert-OH is 1. The molecule has 0 bridgehead atoms. The Kier molecular flexibility index (Phi) is 13.4. The van der Waals surface area contributed by atoms with Gasteiger partial charge in [0, 0.05) is 43.5 Å². The van der Waals surface area contributed by atoms with Gasteiger partial charge in [-0.25, -0.2) is 9.59 Å². The molecule has 0 fully saturated rings. The van der Waals surface area contributed by atoms with Crippen molar-refractivity contribution in [2.24, 2.45) is 5.92 Å². The molecule has 48 heavy (non-hydrogen) atoms. The number of likely N-dealkylation sites (N-methyl/N-ethyl adjacent to an activating group) is 1. The Balaban J connectivity index is 1.57. The molecule has 4 rings (SSSR count). The van der Waals surface area contributed by atoms with Gasteiger partial charge in [-0.3, -0.25) is 9.69 Å². The van der Waals surface area contributed by atoms with Gasteiger partial charge < -0.3 is 35.2 Å². The summed E-state index contributed by atoms with van der Waals surface area (Å²) in [5.74, 6) is -0.968. The van der Waals surface area contributed by atoms with Crippen molar-refractivity contribution in [3.8, 4) is 5.75 Å². The number of rotatable bonds is 9. The van der Waals surface area contributed by atoms with E-state index in [0.717, 1.165) is 24.8 Å². The lowest BCUT2D eigenvalue weighted by molar-refractivity contribution is -0.0177. The van der Waals surface area contributed by atoms with Crippen LogP contribution < -0.4 is 15.4 Å². The lowest BCUT2D eigenvalue weighted by Crippen LogP contribution is -2.47. The predicted molar refractivity (Wildman–Crippen MR) is 186 cm³/mol. The van der Waals surface area contributed by atoms with Crippen molar-refractivity contribution in [2.75, 3.05) is 44.0 Å². The molecule has 1 aliphatic heterocycles. The number of hydrogen-bond donors (Lipinski definition) is 4. The average molecular weight is 661 g/mol. The normalized spacial score (nSPS) is 19.8. The van der Waals surface area contributed by atoms with Crippen LogP contribution in [0.3, 0.4) is 0 Å². The predicted octanol–water partition coefficient (Wildman–Crippen LogP) is 5.96. The van der Waals surface area contributed by atoms with Gasteiger partial charge in [0.15, 0.2) is 0 Å². The molecule has 1 heterocycles. The van der Waals surface area contributed by atoms with Crippen LogP contribution in [0, 0.1) is 5.92 Å². The van der Waals surface area contributed by atoms with Crippen molar-refractivity contribution >= 4 is 29.3 Å². The SMILES string of the molecule is C[C@@H]1CCCCO[C@H](CN(C)Cc2ccc(C(=O)O)cc2)[C@H](C)CN([C@@H](C)CO)C(=O)c2cc(NC(=O)Nc3ccccc3)ccc2O1. The van der Waals surface area contributed by atoms with Crippen LogP contribution in [0.2, 0.25) is 0 Å². The molecule has 0 saturated heterocycles. The number of hydrogen-bond acceptors (Lipinski definition) is 7. The van der Waals surface area contributed by atoms with Crippen molar-refractivity contribution < 1.29 is 34.1 Å². The largest absolute Gasteiger partial charge is 0.490 e. The molecule has 3 aromatic carbocycles. The van der Waals surface area contributed by atoms with E-state index in [4.69, 9.17) is 9.47 Å². The monoisotopic (exact) mass is 660 g/mol. The number of aliphatic hydroxyl groups is 1. The number of aromatic carboxylic acids is 1. The van der Waals surface area contributed by atoms with E-state index < -0.39 is 18.0 Å². The molecule has 0 spiro atoms. The van der Waals surface area contributed by atoms with Crippen molar-refractivity contribution in [2.45, 2.75) is 64.8 Å². The van der Waals surface area contributed by atoms with E-state index >= 15 is 0 Å². The number of carbonyl (C=O) groups excluding carboxylic acids is 2. The van der Waals surface area contributed by atoms with E-state index in [0.29, 0.717) is 48.9 Å². The molecule has 0 aliphatic carbocycles. The van der Waals surface area contributed by atoms with Gasteiger partial charge in [0.05, 0.1) is 36.0 Å². The molecule has 3 aromatic rings. The third kappa shape index (κ3) is 10.5. The summed E-state index contributed by atoms with van der Waals surface area (Å²) in [4.78, 5) is 42.2. The number of amides is 3. The molecular formula is C37H48N4O7. The highest BCUT2D eigenvalue weighted by molar-refractivity contribution is 6.02. The van der Waals surface area contributed by atoms with Crippen LogP contribution >= 0.6 is 0 Å². The topological polar surface area (TPSA) is 141 Å². The highest BCUT2D eigenvalue weighted by Crippen LogP contribution is 2.29. The minimum Gasteiger partial charge on any atom is -0.490 e. The van der Waals surface area contributed by atoms with Crippen LogP contribution in [0.5, 0.6) is 5.75 Å². The fourth-order valence-electron chi connectivity index (χ4n) is 5.71. The second kappa shape index (κ2) is 17.6. The van der Waals surface area contributed by atoms with Gasteiger partial charge in [0.25, 0.3) is 5.91 Å². The Morgan fingerprint density at radius 1 is 1.00 bits per heavy atom. The van der Waals surface area contributed by atoms with Crippen molar-refractivity contribution in [3.05, 3.63) is 89.5 Å². The molecule has 4 N–H and O–H groups in total. The van der Waals surface area contributed by atoms with E-state index in [1.807, 2.05) is 51.2 Å². The first kappa shape index (κ1) is 36.4. The number of ether oxygens (including phenoxy) is 2. The van der Waals surface area contributed by atoms with E-state index in [-0.39, 0.29) is 36.2 Å². The summed E-state index contributed by atoms with van der Waals surface area (Å²) in [5.41, 5.74) is 2.58. The van der Waals surface area contributed by atoms with Gasteiger partial charge in [-0.1, -0.05) is 37.3 Å². The lowest BCUT2D eigenvalue weighted by atomic mass is 10.0. The quantitative estimate of drug-likeness (QED) is 0.221. The number of benzene rings is 3. The van der Waals surface area contributed by atoms with Gasteiger partial charge >= 0.3 is 12.0 Å². The molecule has 4 atom stereocenters. The van der Waals surface area contributed by atoms with Gasteiger partial charge in [0.1, 0.15) is 5.75 Å². The Morgan fingerprint density at radius 2 is 1.71 bits per heavy atom. The molecule has 0 unspecified atom stereocenters. The van der Waals surface area contributed by atoms with Crippen LogP contribution in [0.15, 0.2) is 72.8 Å². The van der Waals surface area contributed by atoms with E-state index in [9.17, 15) is 24.6 Å². The Hall–Kier alpha value is -4.45. The molecule has 0 radical (unpaired) electrons. The van der Waals surface area contributed by atoms with E-state index in [1.54, 1.807) is 54.3 Å². The van der Waals surface area contributed by atoms with Gasteiger partial charge in [0.2, 0.25) is 0 Å². The molecule has 3 amide bonds. The summed E-state index contributed by atoms with van der Waals surface area (Å²) < 4.78 is 12.7. The number of anilines is 2. The van der Waals surface area contributed by atoms with E-state index in [1.165, 1.54) is 0 Å². The molecule has 258 valence electrons. The van der Waals surface area contributed by atoms with Crippen LogP contribution in [-0.4, -0.2) is 89.5 Å².